The van der Waals surface area contributed by atoms with Crippen molar-refractivity contribution in [2.75, 3.05) is 23.3 Å². The zero-order valence-electron chi connectivity index (χ0n) is 16.7. The molecular weight excluding hydrogens is 441 g/mol. The van der Waals surface area contributed by atoms with Gasteiger partial charge in [0.25, 0.3) is 17.5 Å². The monoisotopic (exact) mass is 459 g/mol. The number of carbonyl (C=O) groups excluding carboxylic acids is 1. The number of ether oxygens (including phenoxy) is 1. The second-order valence-corrected chi connectivity index (χ2v) is 7.28. The number of nitro groups is 1. The number of hydrogen-bond donors (Lipinski definition) is 1. The van der Waals surface area contributed by atoms with Gasteiger partial charge in [-0.15, -0.1) is 13.2 Å². The fourth-order valence-corrected chi connectivity index (χ4v) is 3.33. The largest absolute Gasteiger partial charge is 0.573 e. The van der Waals surface area contributed by atoms with E-state index in [1.807, 2.05) is 0 Å². The van der Waals surface area contributed by atoms with Crippen LogP contribution in [0.25, 0.3) is 0 Å². The Bertz CT molecular complexity index is 1020. The van der Waals surface area contributed by atoms with Gasteiger partial charge in [0.2, 0.25) is 0 Å². The number of rotatable bonds is 5. The van der Waals surface area contributed by atoms with E-state index in [1.165, 1.54) is 25.1 Å². The molecule has 1 heterocycles. The molecule has 1 saturated heterocycles. The zero-order chi connectivity index (χ0) is 23.7. The number of benzene rings is 2. The predicted molar refractivity (Wildman–Crippen MR) is 105 cm³/mol. The molecule has 0 aliphatic carbocycles. The molecule has 1 amide bonds. The molecule has 1 fully saturated rings. The average Bonchev–Trinajstić information content (AvgIpc) is 2.68. The minimum absolute atomic E-state index is 0.0476. The minimum Gasteiger partial charge on any atom is -0.406 e. The lowest BCUT2D eigenvalue weighted by Crippen LogP contribution is -2.40. The molecule has 0 spiro atoms. The third-order valence-corrected chi connectivity index (χ3v) is 4.94. The van der Waals surface area contributed by atoms with Gasteiger partial charge in [0.1, 0.15) is 5.75 Å². The first-order valence-corrected chi connectivity index (χ1v) is 9.44. The van der Waals surface area contributed by atoms with Crippen LogP contribution in [0, 0.1) is 17.0 Å². The fraction of sp³-hybridized carbons (Fsp3) is 0.350. The molecule has 2 aromatic rings. The average molecular weight is 459 g/mol. The Kier molecular flexibility index (Phi) is 6.24. The van der Waals surface area contributed by atoms with Gasteiger partial charge in [0, 0.05) is 43.2 Å². The zero-order valence-corrected chi connectivity index (χ0v) is 16.7. The number of halogens is 5. The van der Waals surface area contributed by atoms with Crippen molar-refractivity contribution in [2.24, 2.45) is 0 Å². The van der Waals surface area contributed by atoms with E-state index in [-0.39, 0.29) is 41.3 Å². The van der Waals surface area contributed by atoms with E-state index in [2.05, 4.69) is 10.1 Å². The summed E-state index contributed by atoms with van der Waals surface area (Å²) in [6.07, 6.45) is -5.72. The van der Waals surface area contributed by atoms with Crippen LogP contribution in [0.3, 0.4) is 0 Å². The summed E-state index contributed by atoms with van der Waals surface area (Å²) in [5.41, 5.74) is 0.202. The molecule has 0 bridgehead atoms. The van der Waals surface area contributed by atoms with Crippen LogP contribution in [0.4, 0.5) is 39.0 Å². The number of piperidine rings is 1. The Morgan fingerprint density at radius 3 is 2.28 bits per heavy atom. The van der Waals surface area contributed by atoms with Gasteiger partial charge in [0.05, 0.1) is 16.2 Å². The SMILES string of the molecule is Cc1cc(N2CCC(F)(F)CC2)c(C(=O)Nc2ccc(OC(F)(F)F)cc2)cc1[N+](=O)[O-]. The van der Waals surface area contributed by atoms with E-state index < -0.39 is 41.7 Å². The van der Waals surface area contributed by atoms with E-state index in [4.69, 9.17) is 0 Å². The molecule has 12 heteroatoms. The number of carbonyl (C=O) groups is 1. The third-order valence-electron chi connectivity index (χ3n) is 4.94. The summed E-state index contributed by atoms with van der Waals surface area (Å²) in [5.74, 6) is -4.09. The van der Waals surface area contributed by atoms with Gasteiger partial charge in [-0.2, -0.15) is 0 Å². The van der Waals surface area contributed by atoms with Crippen molar-refractivity contribution in [1.82, 2.24) is 0 Å². The molecule has 7 nitrogen and oxygen atoms in total. The van der Waals surface area contributed by atoms with Gasteiger partial charge in [-0.3, -0.25) is 14.9 Å². The van der Waals surface area contributed by atoms with Crippen LogP contribution in [0.1, 0.15) is 28.8 Å². The highest BCUT2D eigenvalue weighted by molar-refractivity contribution is 6.08. The van der Waals surface area contributed by atoms with Gasteiger partial charge in [0.15, 0.2) is 0 Å². The van der Waals surface area contributed by atoms with Crippen molar-refractivity contribution in [3.63, 3.8) is 0 Å². The smallest absolute Gasteiger partial charge is 0.406 e. The van der Waals surface area contributed by atoms with Gasteiger partial charge >= 0.3 is 6.36 Å². The van der Waals surface area contributed by atoms with E-state index in [0.717, 1.165) is 18.2 Å². The molecule has 1 N–H and O–H groups in total. The van der Waals surface area contributed by atoms with Crippen molar-refractivity contribution in [3.8, 4) is 5.75 Å². The minimum atomic E-state index is -4.87. The number of alkyl halides is 5. The van der Waals surface area contributed by atoms with Crippen LogP contribution in [0.2, 0.25) is 0 Å². The molecule has 0 unspecified atom stereocenters. The summed E-state index contributed by atoms with van der Waals surface area (Å²) in [6, 6.07) is 6.79. The topological polar surface area (TPSA) is 84.7 Å². The predicted octanol–water partition coefficient (Wildman–Crippen LogP) is 5.29. The van der Waals surface area contributed by atoms with E-state index in [0.29, 0.717) is 0 Å². The molecule has 32 heavy (non-hydrogen) atoms. The highest BCUT2D eigenvalue weighted by Gasteiger charge is 2.35. The van der Waals surface area contributed by atoms with Crippen LogP contribution in [-0.4, -0.2) is 36.2 Å². The Morgan fingerprint density at radius 2 is 1.75 bits per heavy atom. The van der Waals surface area contributed by atoms with Crippen LogP contribution in [0.5, 0.6) is 5.75 Å². The first-order chi connectivity index (χ1) is 14.8. The first kappa shape index (κ1) is 23.2. The second kappa shape index (κ2) is 8.60. The maximum Gasteiger partial charge on any atom is 0.573 e. The summed E-state index contributed by atoms with van der Waals surface area (Å²) in [7, 11) is 0. The number of nitrogens with zero attached hydrogens (tertiary/aromatic N) is 2. The standard InChI is InChI=1S/C20H18F5N3O4/c1-12-10-17(27-8-6-19(21,22)7-9-27)15(11-16(12)28(30)31)18(29)26-13-2-4-14(5-3-13)32-20(23,24)25/h2-5,10-11H,6-9H2,1H3,(H,26,29). The summed E-state index contributed by atoms with van der Waals surface area (Å²) >= 11 is 0. The van der Waals surface area contributed by atoms with Crippen LogP contribution in [-0.2, 0) is 0 Å². The Morgan fingerprint density at radius 1 is 1.16 bits per heavy atom. The molecular formula is C20H18F5N3O4. The van der Waals surface area contributed by atoms with Crippen molar-refractivity contribution in [1.29, 1.82) is 0 Å². The van der Waals surface area contributed by atoms with Crippen LogP contribution in [0.15, 0.2) is 36.4 Å². The summed E-state index contributed by atoms with van der Waals surface area (Å²) in [4.78, 5) is 25.1. The highest BCUT2D eigenvalue weighted by atomic mass is 19.4. The molecule has 2 aromatic carbocycles. The Hall–Kier alpha value is -3.44. The summed E-state index contributed by atoms with van der Waals surface area (Å²) in [6.45, 7) is 1.38. The summed E-state index contributed by atoms with van der Waals surface area (Å²) in [5, 5.41) is 13.8. The number of anilines is 2. The van der Waals surface area contributed by atoms with Gasteiger partial charge in [-0.05, 0) is 37.3 Å². The van der Waals surface area contributed by atoms with E-state index >= 15 is 0 Å². The van der Waals surface area contributed by atoms with Crippen molar-refractivity contribution in [3.05, 3.63) is 57.6 Å². The molecule has 0 radical (unpaired) electrons. The Labute approximate surface area is 178 Å². The molecule has 1 aliphatic heterocycles. The van der Waals surface area contributed by atoms with Crippen molar-refractivity contribution in [2.45, 2.75) is 32.1 Å². The maximum absolute atomic E-state index is 13.5. The lowest BCUT2D eigenvalue weighted by atomic mass is 10.0. The third kappa shape index (κ3) is 5.62. The van der Waals surface area contributed by atoms with E-state index in [9.17, 15) is 36.9 Å². The maximum atomic E-state index is 13.5. The van der Waals surface area contributed by atoms with Crippen molar-refractivity contribution >= 4 is 23.0 Å². The molecule has 1 aliphatic rings. The molecule has 0 aromatic heterocycles. The van der Waals surface area contributed by atoms with Crippen molar-refractivity contribution < 1.29 is 36.4 Å². The fourth-order valence-electron chi connectivity index (χ4n) is 3.33. The lowest BCUT2D eigenvalue weighted by Gasteiger charge is -2.34. The highest BCUT2D eigenvalue weighted by Crippen LogP contribution is 2.35. The number of nitro benzene ring substituents is 1. The number of nitrogens with one attached hydrogen (secondary N) is 1. The van der Waals surface area contributed by atoms with Crippen LogP contribution >= 0.6 is 0 Å². The molecule has 0 atom stereocenters. The normalized spacial score (nSPS) is 15.9. The Balaban J connectivity index is 1.88. The molecule has 172 valence electrons. The molecule has 0 saturated carbocycles. The van der Waals surface area contributed by atoms with Gasteiger partial charge in [-0.25, -0.2) is 8.78 Å². The van der Waals surface area contributed by atoms with Gasteiger partial charge < -0.3 is 15.0 Å². The summed E-state index contributed by atoms with van der Waals surface area (Å²) < 4.78 is 67.7. The quantitative estimate of drug-likeness (QED) is 0.373. The van der Waals surface area contributed by atoms with E-state index in [1.54, 1.807) is 4.90 Å². The first-order valence-electron chi connectivity index (χ1n) is 9.44. The van der Waals surface area contributed by atoms with Gasteiger partial charge in [-0.1, -0.05) is 0 Å². The lowest BCUT2D eigenvalue weighted by molar-refractivity contribution is -0.385. The second-order valence-electron chi connectivity index (χ2n) is 7.28. The number of aryl methyl sites for hydroxylation is 1. The number of hydrogen-bond acceptors (Lipinski definition) is 5. The molecule has 3 rings (SSSR count). The number of amides is 1. The van der Waals surface area contributed by atoms with Crippen LogP contribution < -0.4 is 15.0 Å².